The van der Waals surface area contributed by atoms with E-state index in [1.807, 2.05) is 18.2 Å². The minimum Gasteiger partial charge on any atom is -0.314 e. The molecule has 4 heterocycles. The minimum absolute atomic E-state index is 0.0879. The van der Waals surface area contributed by atoms with Gasteiger partial charge in [0.25, 0.3) is 5.56 Å². The van der Waals surface area contributed by atoms with Gasteiger partial charge in [-0.3, -0.25) is 14.8 Å². The molecule has 1 aliphatic carbocycles. The SMILES string of the molecule is CN1CCC(CC2CNCCN2C2CCCc3[nH]n(-c4ccccn4)c(=O)c32)CC1. The van der Waals surface area contributed by atoms with Crippen LogP contribution in [0.4, 0.5) is 0 Å². The van der Waals surface area contributed by atoms with E-state index in [1.54, 1.807) is 10.9 Å². The maximum atomic E-state index is 13.4. The molecule has 0 bridgehead atoms. The van der Waals surface area contributed by atoms with E-state index in [0.717, 1.165) is 56.1 Å². The smallest absolute Gasteiger partial charge is 0.277 e. The fourth-order valence-electron chi connectivity index (χ4n) is 5.71. The lowest BCUT2D eigenvalue weighted by Gasteiger charge is -2.44. The molecule has 2 aromatic rings. The Hall–Kier alpha value is -1.96. The van der Waals surface area contributed by atoms with Crippen LogP contribution in [0.5, 0.6) is 0 Å². The number of aromatic amines is 1. The van der Waals surface area contributed by atoms with Gasteiger partial charge in [0.1, 0.15) is 0 Å². The third-order valence-corrected chi connectivity index (χ3v) is 7.36. The molecule has 2 unspecified atom stereocenters. The van der Waals surface area contributed by atoms with E-state index in [4.69, 9.17) is 0 Å². The van der Waals surface area contributed by atoms with Gasteiger partial charge in [0.2, 0.25) is 0 Å². The van der Waals surface area contributed by atoms with Crippen LogP contribution in [0.2, 0.25) is 0 Å². The Morgan fingerprint density at radius 2 is 2.03 bits per heavy atom. The van der Waals surface area contributed by atoms with Gasteiger partial charge in [-0.05, 0) is 76.7 Å². The van der Waals surface area contributed by atoms with Crippen LogP contribution in [-0.4, -0.2) is 70.4 Å². The summed E-state index contributed by atoms with van der Waals surface area (Å²) in [7, 11) is 2.23. The number of piperazine rings is 1. The Morgan fingerprint density at radius 1 is 1.17 bits per heavy atom. The molecular formula is C23H34N6O. The van der Waals surface area contributed by atoms with Crippen LogP contribution in [0.1, 0.15) is 49.4 Å². The quantitative estimate of drug-likeness (QED) is 0.806. The van der Waals surface area contributed by atoms with E-state index >= 15 is 0 Å². The van der Waals surface area contributed by atoms with E-state index in [-0.39, 0.29) is 11.6 Å². The number of H-pyrrole nitrogens is 1. The number of aryl methyl sites for hydroxylation is 1. The van der Waals surface area contributed by atoms with Crippen LogP contribution in [0.25, 0.3) is 5.82 Å². The fraction of sp³-hybridized carbons (Fsp3) is 0.652. The van der Waals surface area contributed by atoms with Crippen LogP contribution in [-0.2, 0) is 6.42 Å². The number of rotatable bonds is 4. The van der Waals surface area contributed by atoms with Gasteiger partial charge < -0.3 is 10.2 Å². The fourth-order valence-corrected chi connectivity index (χ4v) is 5.71. The number of piperidine rings is 1. The van der Waals surface area contributed by atoms with Crippen LogP contribution >= 0.6 is 0 Å². The Morgan fingerprint density at radius 3 is 2.83 bits per heavy atom. The third kappa shape index (κ3) is 3.86. The molecule has 162 valence electrons. The van der Waals surface area contributed by atoms with Crippen LogP contribution in [0, 0.1) is 5.92 Å². The summed E-state index contributed by atoms with van der Waals surface area (Å²) in [4.78, 5) is 22.9. The minimum atomic E-state index is 0.0879. The summed E-state index contributed by atoms with van der Waals surface area (Å²) in [6.45, 7) is 5.50. The molecule has 3 aliphatic rings. The van der Waals surface area contributed by atoms with E-state index in [0.29, 0.717) is 11.9 Å². The lowest BCUT2D eigenvalue weighted by atomic mass is 9.86. The lowest BCUT2D eigenvalue weighted by Crippen LogP contribution is -2.54. The number of fused-ring (bicyclic) bond motifs is 1. The number of pyridine rings is 1. The first kappa shape index (κ1) is 20.0. The highest BCUT2D eigenvalue weighted by molar-refractivity contribution is 5.30. The average molecular weight is 411 g/mol. The standard InChI is InChI=1S/C23H34N6O/c1-27-12-8-17(9-13-27)15-18-16-24-11-14-28(18)20-6-4-5-19-22(20)23(30)29(26-19)21-7-2-3-10-25-21/h2-3,7,10,17-18,20,24,26H,4-6,8-9,11-16H2,1H3. The molecule has 2 fully saturated rings. The zero-order valence-corrected chi connectivity index (χ0v) is 18.0. The van der Waals surface area contributed by atoms with Crippen LogP contribution < -0.4 is 10.9 Å². The Bertz CT molecular complexity index is 898. The first-order valence-electron chi connectivity index (χ1n) is 11.6. The summed E-state index contributed by atoms with van der Waals surface area (Å²) in [5.41, 5.74) is 2.19. The van der Waals surface area contributed by atoms with Crippen molar-refractivity contribution in [1.82, 2.24) is 29.9 Å². The van der Waals surface area contributed by atoms with Gasteiger partial charge in [-0.15, -0.1) is 0 Å². The van der Waals surface area contributed by atoms with Gasteiger partial charge in [-0.25, -0.2) is 9.67 Å². The number of likely N-dealkylation sites (tertiary alicyclic amines) is 1. The molecule has 2 atom stereocenters. The maximum absolute atomic E-state index is 13.4. The second-order valence-corrected chi connectivity index (χ2v) is 9.32. The molecule has 5 rings (SSSR count). The van der Waals surface area contributed by atoms with E-state index in [2.05, 4.69) is 32.2 Å². The van der Waals surface area contributed by atoms with Gasteiger partial charge in [-0.1, -0.05) is 6.07 Å². The molecule has 2 aliphatic heterocycles. The predicted octanol–water partition coefficient (Wildman–Crippen LogP) is 1.94. The van der Waals surface area contributed by atoms with Crippen LogP contribution in [0.3, 0.4) is 0 Å². The normalized spacial score (nSPS) is 26.6. The first-order chi connectivity index (χ1) is 14.7. The van der Waals surface area contributed by atoms with E-state index < -0.39 is 0 Å². The molecule has 2 N–H and O–H groups in total. The highest BCUT2D eigenvalue weighted by Crippen LogP contribution is 2.35. The third-order valence-electron chi connectivity index (χ3n) is 7.36. The Kier molecular flexibility index (Phi) is 5.76. The molecule has 0 aromatic carbocycles. The van der Waals surface area contributed by atoms with Crippen molar-refractivity contribution in [2.45, 2.75) is 50.6 Å². The zero-order valence-electron chi connectivity index (χ0n) is 18.0. The Labute approximate surface area is 178 Å². The van der Waals surface area contributed by atoms with Gasteiger partial charge in [0, 0.05) is 43.6 Å². The molecule has 30 heavy (non-hydrogen) atoms. The van der Waals surface area contributed by atoms with E-state index in [9.17, 15) is 4.79 Å². The summed E-state index contributed by atoms with van der Waals surface area (Å²) in [6.07, 6.45) is 8.74. The first-order valence-corrected chi connectivity index (χ1v) is 11.6. The average Bonchev–Trinajstić information content (AvgIpc) is 3.13. The second kappa shape index (κ2) is 8.65. The highest BCUT2D eigenvalue weighted by Gasteiger charge is 2.37. The number of nitrogens with zero attached hydrogens (tertiary/aromatic N) is 4. The van der Waals surface area contributed by atoms with Crippen LogP contribution in [0.15, 0.2) is 29.2 Å². The number of hydrogen-bond acceptors (Lipinski definition) is 5. The van der Waals surface area contributed by atoms with Crippen molar-refractivity contribution in [2.75, 3.05) is 39.8 Å². The van der Waals surface area contributed by atoms with Crippen molar-refractivity contribution in [3.63, 3.8) is 0 Å². The molecule has 7 nitrogen and oxygen atoms in total. The molecule has 7 heteroatoms. The van der Waals surface area contributed by atoms with Crippen molar-refractivity contribution in [3.05, 3.63) is 46.0 Å². The zero-order chi connectivity index (χ0) is 20.5. The van der Waals surface area contributed by atoms with Crippen molar-refractivity contribution in [2.24, 2.45) is 5.92 Å². The molecule has 0 saturated carbocycles. The molecule has 2 aromatic heterocycles. The summed E-state index contributed by atoms with van der Waals surface area (Å²) < 4.78 is 1.65. The molecule has 2 saturated heterocycles. The van der Waals surface area contributed by atoms with Crippen molar-refractivity contribution < 1.29 is 0 Å². The van der Waals surface area contributed by atoms with Gasteiger partial charge in [0.05, 0.1) is 5.56 Å². The maximum Gasteiger partial charge on any atom is 0.277 e. The Balaban J connectivity index is 1.41. The second-order valence-electron chi connectivity index (χ2n) is 9.32. The van der Waals surface area contributed by atoms with Crippen molar-refractivity contribution >= 4 is 0 Å². The van der Waals surface area contributed by atoms with Gasteiger partial charge in [0.15, 0.2) is 5.82 Å². The largest absolute Gasteiger partial charge is 0.314 e. The van der Waals surface area contributed by atoms with Crippen molar-refractivity contribution in [3.8, 4) is 5.82 Å². The van der Waals surface area contributed by atoms with E-state index in [1.165, 1.54) is 32.4 Å². The molecule has 0 spiro atoms. The lowest BCUT2D eigenvalue weighted by molar-refractivity contribution is 0.0684. The monoisotopic (exact) mass is 410 g/mol. The number of nitrogens with one attached hydrogen (secondary N) is 2. The van der Waals surface area contributed by atoms with Gasteiger partial charge >= 0.3 is 0 Å². The molecule has 0 radical (unpaired) electrons. The van der Waals surface area contributed by atoms with Gasteiger partial charge in [-0.2, -0.15) is 0 Å². The highest BCUT2D eigenvalue weighted by atomic mass is 16.1. The number of aromatic nitrogens is 3. The molecular weight excluding hydrogens is 376 g/mol. The predicted molar refractivity (Wildman–Crippen MR) is 118 cm³/mol. The summed E-state index contributed by atoms with van der Waals surface area (Å²) in [5.74, 6) is 1.48. The topological polar surface area (TPSA) is 69.2 Å². The molecule has 0 amide bonds. The number of hydrogen-bond donors (Lipinski definition) is 2. The summed E-state index contributed by atoms with van der Waals surface area (Å²) >= 11 is 0. The summed E-state index contributed by atoms with van der Waals surface area (Å²) in [6, 6.07) is 6.45. The van der Waals surface area contributed by atoms with Crippen molar-refractivity contribution in [1.29, 1.82) is 0 Å². The summed E-state index contributed by atoms with van der Waals surface area (Å²) in [5, 5.41) is 7.00.